The summed E-state index contributed by atoms with van der Waals surface area (Å²) in [6, 6.07) is 1.32. The molecule has 72 valence electrons. The number of pyridine rings is 1. The zero-order valence-corrected chi connectivity index (χ0v) is 9.15. The van der Waals surface area contributed by atoms with Crippen molar-refractivity contribution in [1.82, 2.24) is 4.98 Å². The number of hydrogen-bond donors (Lipinski definition) is 0. The van der Waals surface area contributed by atoms with E-state index in [2.05, 4.69) is 4.98 Å². The molecule has 1 aromatic rings. The van der Waals surface area contributed by atoms with Gasteiger partial charge in [-0.2, -0.15) is 0 Å². The van der Waals surface area contributed by atoms with Crippen molar-refractivity contribution in [3.05, 3.63) is 23.3 Å². The van der Waals surface area contributed by atoms with Crippen LogP contribution in [0.5, 0.6) is 0 Å². The van der Waals surface area contributed by atoms with Crippen LogP contribution in [0.15, 0.2) is 6.07 Å². The van der Waals surface area contributed by atoms with Gasteiger partial charge in [0, 0.05) is 5.69 Å². The molecule has 1 aromatic heterocycles. The monoisotopic (exact) mass is 201 g/mol. The molecule has 0 aromatic carbocycles. The van der Waals surface area contributed by atoms with E-state index in [-0.39, 0.29) is 5.30 Å². The Morgan fingerprint density at radius 1 is 1.38 bits per heavy atom. The Morgan fingerprint density at radius 3 is 2.31 bits per heavy atom. The van der Waals surface area contributed by atoms with Gasteiger partial charge < -0.3 is 4.57 Å². The van der Waals surface area contributed by atoms with Gasteiger partial charge in [0.05, 0.1) is 11.0 Å². The van der Waals surface area contributed by atoms with Crippen molar-refractivity contribution < 1.29 is 8.96 Å². The molecule has 1 rings (SSSR count). The average molecular weight is 201 g/mol. The third kappa shape index (κ3) is 2.16. The molecule has 0 radical (unpaired) electrons. The number of hydrogen-bond acceptors (Lipinski definition) is 2. The fourth-order valence-corrected chi connectivity index (χ4v) is 2.83. The fourth-order valence-electron chi connectivity index (χ4n) is 1.42. The second-order valence-corrected chi connectivity index (χ2v) is 6.68. The van der Waals surface area contributed by atoms with Gasteiger partial charge in [-0.15, -0.1) is 0 Å². The number of aryl methyl sites for hydroxylation is 2. The molecule has 13 heavy (non-hydrogen) atoms. The zero-order chi connectivity index (χ0) is 10.2. The summed E-state index contributed by atoms with van der Waals surface area (Å²) >= 11 is 0. The molecule has 0 spiro atoms. The minimum Gasteiger partial charge on any atom is -0.319 e. The molecular weight excluding hydrogens is 188 g/mol. The Kier molecular flexibility index (Phi) is 2.58. The highest BCUT2D eigenvalue weighted by molar-refractivity contribution is 7.70. The first-order valence-corrected chi connectivity index (χ1v) is 6.62. The van der Waals surface area contributed by atoms with Crippen molar-refractivity contribution in [3.63, 3.8) is 0 Å². The quantitative estimate of drug-likeness (QED) is 0.651. The topological polar surface area (TPSA) is 30.0 Å². The molecule has 1 heterocycles. The third-order valence-corrected chi connectivity index (χ3v) is 3.40. The molecule has 0 aliphatic heterocycles. The first-order valence-electron chi connectivity index (χ1n) is 4.01. The smallest absolute Gasteiger partial charge is 0.137 e. The van der Waals surface area contributed by atoms with Gasteiger partial charge in [0.1, 0.15) is 13.0 Å². The van der Waals surface area contributed by atoms with Crippen LogP contribution in [0.1, 0.15) is 11.4 Å². The summed E-state index contributed by atoms with van der Waals surface area (Å²) in [5, 5.41) is 0.276. The van der Waals surface area contributed by atoms with Crippen LogP contribution in [-0.4, -0.2) is 18.3 Å². The summed E-state index contributed by atoms with van der Waals surface area (Å²) in [5.74, 6) is -0.404. The Labute approximate surface area is 77.6 Å². The summed E-state index contributed by atoms with van der Waals surface area (Å²) < 4.78 is 25.1. The second-order valence-electron chi connectivity index (χ2n) is 3.53. The molecule has 2 nitrogen and oxygen atoms in total. The van der Waals surface area contributed by atoms with Gasteiger partial charge >= 0.3 is 0 Å². The van der Waals surface area contributed by atoms with Crippen LogP contribution in [0.3, 0.4) is 0 Å². The Hall–Kier alpha value is -0.690. The number of halogens is 1. The normalized spacial score (nSPS) is 11.8. The number of nitrogens with zero attached hydrogens (tertiary/aromatic N) is 1. The SMILES string of the molecule is Cc1cc(F)c(P(C)(C)=O)c(C)n1. The minimum atomic E-state index is -2.55. The lowest BCUT2D eigenvalue weighted by Gasteiger charge is -2.11. The third-order valence-electron chi connectivity index (χ3n) is 1.79. The van der Waals surface area contributed by atoms with E-state index in [0.717, 1.165) is 0 Å². The highest BCUT2D eigenvalue weighted by atomic mass is 31.2. The van der Waals surface area contributed by atoms with E-state index in [0.29, 0.717) is 11.4 Å². The van der Waals surface area contributed by atoms with Crippen LogP contribution in [0.25, 0.3) is 0 Å². The number of rotatable bonds is 1. The van der Waals surface area contributed by atoms with E-state index >= 15 is 0 Å². The predicted octanol–water partition coefficient (Wildman–Crippen LogP) is 2.09. The van der Waals surface area contributed by atoms with Crippen molar-refractivity contribution in [2.75, 3.05) is 13.3 Å². The van der Waals surface area contributed by atoms with Crippen molar-refractivity contribution in [2.24, 2.45) is 0 Å². The Morgan fingerprint density at radius 2 is 1.92 bits per heavy atom. The molecule has 0 unspecified atom stereocenters. The summed E-state index contributed by atoms with van der Waals surface area (Å²) in [5.41, 5.74) is 1.15. The summed E-state index contributed by atoms with van der Waals surface area (Å²) in [6.45, 7) is 6.51. The molecule has 0 saturated heterocycles. The molecule has 0 saturated carbocycles. The molecule has 0 amide bonds. The zero-order valence-electron chi connectivity index (χ0n) is 8.26. The molecule has 0 atom stereocenters. The summed E-state index contributed by atoms with van der Waals surface area (Å²) in [7, 11) is -2.55. The van der Waals surface area contributed by atoms with E-state index in [1.807, 2.05) is 0 Å². The van der Waals surface area contributed by atoms with Crippen LogP contribution < -0.4 is 5.30 Å². The van der Waals surface area contributed by atoms with E-state index < -0.39 is 13.0 Å². The lowest BCUT2D eigenvalue weighted by atomic mass is 10.3. The van der Waals surface area contributed by atoms with Crippen LogP contribution in [0.4, 0.5) is 4.39 Å². The van der Waals surface area contributed by atoms with Crippen LogP contribution in [-0.2, 0) is 4.57 Å². The fraction of sp³-hybridized carbons (Fsp3) is 0.444. The summed E-state index contributed by atoms with van der Waals surface area (Å²) in [6.07, 6.45) is 0. The molecule has 0 N–H and O–H groups in total. The van der Waals surface area contributed by atoms with Gasteiger partial charge in [0.25, 0.3) is 0 Å². The van der Waals surface area contributed by atoms with Gasteiger partial charge in [-0.1, -0.05) is 0 Å². The molecule has 0 bridgehead atoms. The highest BCUT2D eigenvalue weighted by Crippen LogP contribution is 2.36. The number of aromatic nitrogens is 1. The molecule has 4 heteroatoms. The summed E-state index contributed by atoms with van der Waals surface area (Å²) in [4.78, 5) is 4.09. The average Bonchev–Trinajstić information content (AvgIpc) is 1.78. The van der Waals surface area contributed by atoms with E-state index in [1.165, 1.54) is 6.07 Å². The van der Waals surface area contributed by atoms with Crippen molar-refractivity contribution >= 4 is 12.4 Å². The maximum absolute atomic E-state index is 13.4. The maximum atomic E-state index is 13.4. The molecular formula is C9H13FNOP. The standard InChI is InChI=1S/C9H13FNOP/c1-6-5-8(10)9(7(2)11-6)13(3,4)12/h5H,1-4H3. The second kappa shape index (κ2) is 3.22. The van der Waals surface area contributed by atoms with Crippen LogP contribution in [0.2, 0.25) is 0 Å². The van der Waals surface area contributed by atoms with Gasteiger partial charge in [-0.05, 0) is 33.2 Å². The van der Waals surface area contributed by atoms with Crippen molar-refractivity contribution in [1.29, 1.82) is 0 Å². The van der Waals surface area contributed by atoms with E-state index in [9.17, 15) is 8.96 Å². The largest absolute Gasteiger partial charge is 0.319 e. The first-order chi connectivity index (χ1) is 5.82. The molecule has 0 aliphatic carbocycles. The lowest BCUT2D eigenvalue weighted by Crippen LogP contribution is -2.15. The first kappa shape index (κ1) is 10.4. The van der Waals surface area contributed by atoms with Gasteiger partial charge in [-0.3, -0.25) is 4.98 Å². The van der Waals surface area contributed by atoms with Crippen LogP contribution in [0, 0.1) is 19.7 Å². The Bertz CT molecular complexity index is 360. The maximum Gasteiger partial charge on any atom is 0.137 e. The Balaban J connectivity index is 3.47. The molecule has 0 aliphatic rings. The van der Waals surface area contributed by atoms with Crippen molar-refractivity contribution in [3.8, 4) is 0 Å². The van der Waals surface area contributed by atoms with E-state index in [4.69, 9.17) is 0 Å². The van der Waals surface area contributed by atoms with Gasteiger partial charge in [0.15, 0.2) is 0 Å². The molecule has 0 fully saturated rings. The highest BCUT2D eigenvalue weighted by Gasteiger charge is 2.20. The van der Waals surface area contributed by atoms with E-state index in [1.54, 1.807) is 27.2 Å². The van der Waals surface area contributed by atoms with Crippen LogP contribution >= 0.6 is 7.14 Å². The van der Waals surface area contributed by atoms with Gasteiger partial charge in [-0.25, -0.2) is 4.39 Å². The predicted molar refractivity (Wildman–Crippen MR) is 52.8 cm³/mol. The van der Waals surface area contributed by atoms with Crippen molar-refractivity contribution in [2.45, 2.75) is 13.8 Å². The lowest BCUT2D eigenvalue weighted by molar-refractivity contribution is 0.584. The minimum absolute atomic E-state index is 0.276. The van der Waals surface area contributed by atoms with Gasteiger partial charge in [0.2, 0.25) is 0 Å².